The summed E-state index contributed by atoms with van der Waals surface area (Å²) in [6.45, 7) is 9.27. The van der Waals surface area contributed by atoms with Gasteiger partial charge in [-0.2, -0.15) is 0 Å². The van der Waals surface area contributed by atoms with Gasteiger partial charge in [0.25, 0.3) is 0 Å². The van der Waals surface area contributed by atoms with Crippen LogP contribution in [-0.2, 0) is 0 Å². The molecule has 0 bridgehead atoms. The second-order valence-corrected chi connectivity index (χ2v) is 4.23. The second-order valence-electron chi connectivity index (χ2n) is 4.23. The van der Waals surface area contributed by atoms with Crippen LogP contribution in [0.3, 0.4) is 0 Å². The maximum Gasteiger partial charge on any atom is 0.0325 e. The smallest absolute Gasteiger partial charge is 0.0325 e. The molecule has 1 nitrogen and oxygen atoms in total. The van der Waals surface area contributed by atoms with Gasteiger partial charge in [-0.15, -0.1) is 6.58 Å². The van der Waals surface area contributed by atoms with Gasteiger partial charge in [-0.3, -0.25) is 0 Å². The lowest BCUT2D eigenvalue weighted by Crippen LogP contribution is -2.22. The summed E-state index contributed by atoms with van der Waals surface area (Å²) in [5.41, 5.74) is 2.80. The Morgan fingerprint density at radius 2 is 2.12 bits per heavy atom. The summed E-state index contributed by atoms with van der Waals surface area (Å²) >= 11 is 0. The Morgan fingerprint density at radius 1 is 1.38 bits per heavy atom. The molecule has 1 aromatic rings. The summed E-state index contributed by atoms with van der Waals surface area (Å²) in [5, 5.41) is 3.61. The molecule has 0 fully saturated rings. The lowest BCUT2D eigenvalue weighted by Gasteiger charge is -2.20. The Balaban J connectivity index is 2.74. The summed E-state index contributed by atoms with van der Waals surface area (Å²) in [7, 11) is 0. The summed E-state index contributed by atoms with van der Waals surface area (Å²) in [5.74, 6) is 0. The quantitative estimate of drug-likeness (QED) is 0.681. The van der Waals surface area contributed by atoms with E-state index >= 15 is 0 Å². The molecule has 0 amide bonds. The normalized spacial score (nSPS) is 12.4. The molecule has 0 aliphatic heterocycles. The molecule has 0 radical (unpaired) electrons. The zero-order valence-electron chi connectivity index (χ0n) is 10.5. The van der Waals surface area contributed by atoms with Crippen LogP contribution in [0.4, 0.5) is 0 Å². The van der Waals surface area contributed by atoms with Crippen molar-refractivity contribution in [3.8, 4) is 0 Å². The van der Waals surface area contributed by atoms with E-state index in [2.05, 4.69) is 50.0 Å². The Bertz CT molecular complexity index is 317. The van der Waals surface area contributed by atoms with E-state index in [4.69, 9.17) is 0 Å². The van der Waals surface area contributed by atoms with Crippen LogP contribution in [0.2, 0.25) is 0 Å². The fourth-order valence-electron chi connectivity index (χ4n) is 1.95. The van der Waals surface area contributed by atoms with E-state index in [0.29, 0.717) is 6.04 Å². The Morgan fingerprint density at radius 3 is 2.75 bits per heavy atom. The van der Waals surface area contributed by atoms with Gasteiger partial charge in [0, 0.05) is 6.04 Å². The summed E-state index contributed by atoms with van der Waals surface area (Å²) < 4.78 is 0. The highest BCUT2D eigenvalue weighted by molar-refractivity contribution is 5.28. The topological polar surface area (TPSA) is 12.0 Å². The first-order valence-electron chi connectivity index (χ1n) is 6.19. The summed E-state index contributed by atoms with van der Waals surface area (Å²) in [6, 6.07) is 9.11. The minimum absolute atomic E-state index is 0.471. The van der Waals surface area contributed by atoms with Crippen molar-refractivity contribution in [3.63, 3.8) is 0 Å². The lowest BCUT2D eigenvalue weighted by atomic mass is 9.97. The van der Waals surface area contributed by atoms with Crippen molar-refractivity contribution in [1.82, 2.24) is 5.32 Å². The number of rotatable bonds is 7. The highest BCUT2D eigenvalue weighted by Gasteiger charge is 2.11. The average Bonchev–Trinajstić information content (AvgIpc) is 2.31. The van der Waals surface area contributed by atoms with Gasteiger partial charge >= 0.3 is 0 Å². The molecular weight excluding hydrogens is 194 g/mol. The van der Waals surface area contributed by atoms with Gasteiger partial charge in [-0.1, -0.05) is 37.3 Å². The zero-order valence-corrected chi connectivity index (χ0v) is 10.5. The number of aryl methyl sites for hydroxylation is 1. The van der Waals surface area contributed by atoms with Gasteiger partial charge in [0.1, 0.15) is 0 Å². The van der Waals surface area contributed by atoms with Gasteiger partial charge in [0.05, 0.1) is 0 Å². The second kappa shape index (κ2) is 7.24. The molecule has 1 atom stereocenters. The van der Waals surface area contributed by atoms with Crippen LogP contribution >= 0.6 is 0 Å². The van der Waals surface area contributed by atoms with Crippen LogP contribution in [0.1, 0.15) is 43.4 Å². The van der Waals surface area contributed by atoms with Gasteiger partial charge in [0.15, 0.2) is 0 Å². The third-order valence-corrected chi connectivity index (χ3v) is 2.86. The lowest BCUT2D eigenvalue weighted by molar-refractivity contribution is 0.501. The average molecular weight is 217 g/mol. The Kier molecular flexibility index (Phi) is 5.87. The standard InChI is InChI=1S/C15H23N/c1-4-6-11-15(16-12-5-2)14-10-8-7-9-13(14)3/h4,7-10,15-16H,1,5-6,11-12H2,2-3H3. The molecule has 16 heavy (non-hydrogen) atoms. The van der Waals surface area contributed by atoms with Crippen molar-refractivity contribution in [2.75, 3.05) is 6.54 Å². The summed E-state index contributed by atoms with van der Waals surface area (Å²) in [4.78, 5) is 0. The minimum atomic E-state index is 0.471. The first-order chi connectivity index (χ1) is 7.79. The number of benzene rings is 1. The molecule has 1 heteroatoms. The third kappa shape index (κ3) is 3.82. The predicted molar refractivity (Wildman–Crippen MR) is 71.6 cm³/mol. The van der Waals surface area contributed by atoms with Crippen molar-refractivity contribution in [2.45, 2.75) is 39.2 Å². The monoisotopic (exact) mass is 217 g/mol. The maximum absolute atomic E-state index is 3.80. The van der Waals surface area contributed by atoms with Crippen LogP contribution in [0, 0.1) is 6.92 Å². The number of hydrogen-bond acceptors (Lipinski definition) is 1. The summed E-state index contributed by atoms with van der Waals surface area (Å²) in [6.07, 6.45) is 5.37. The molecule has 88 valence electrons. The van der Waals surface area contributed by atoms with E-state index in [9.17, 15) is 0 Å². The molecule has 1 unspecified atom stereocenters. The highest BCUT2D eigenvalue weighted by Crippen LogP contribution is 2.21. The first-order valence-corrected chi connectivity index (χ1v) is 6.19. The molecule has 0 saturated carbocycles. The molecular formula is C15H23N. The van der Waals surface area contributed by atoms with Crippen LogP contribution in [0.15, 0.2) is 36.9 Å². The first kappa shape index (κ1) is 13.0. The fraction of sp³-hybridized carbons (Fsp3) is 0.467. The minimum Gasteiger partial charge on any atom is -0.310 e. The van der Waals surface area contributed by atoms with Gasteiger partial charge < -0.3 is 5.32 Å². The van der Waals surface area contributed by atoms with E-state index < -0.39 is 0 Å². The van der Waals surface area contributed by atoms with E-state index in [-0.39, 0.29) is 0 Å². The van der Waals surface area contributed by atoms with Crippen molar-refractivity contribution in [1.29, 1.82) is 0 Å². The molecule has 0 saturated heterocycles. The zero-order chi connectivity index (χ0) is 11.8. The van der Waals surface area contributed by atoms with Crippen molar-refractivity contribution in [3.05, 3.63) is 48.0 Å². The van der Waals surface area contributed by atoms with Crippen LogP contribution < -0.4 is 5.32 Å². The fourth-order valence-corrected chi connectivity index (χ4v) is 1.95. The van der Waals surface area contributed by atoms with Crippen LogP contribution in [-0.4, -0.2) is 6.54 Å². The SMILES string of the molecule is C=CCCC(NCCC)c1ccccc1C. The highest BCUT2D eigenvalue weighted by atomic mass is 14.9. The molecule has 0 aromatic heterocycles. The van der Waals surface area contributed by atoms with E-state index in [1.165, 1.54) is 17.5 Å². The van der Waals surface area contributed by atoms with Gasteiger partial charge in [-0.05, 0) is 43.9 Å². The van der Waals surface area contributed by atoms with Gasteiger partial charge in [0.2, 0.25) is 0 Å². The largest absolute Gasteiger partial charge is 0.310 e. The molecule has 0 aliphatic rings. The Hall–Kier alpha value is -1.08. The Labute approximate surface area is 99.6 Å². The number of hydrogen-bond donors (Lipinski definition) is 1. The molecule has 1 aromatic carbocycles. The van der Waals surface area contributed by atoms with Crippen molar-refractivity contribution in [2.24, 2.45) is 0 Å². The van der Waals surface area contributed by atoms with Crippen molar-refractivity contribution >= 4 is 0 Å². The van der Waals surface area contributed by atoms with Gasteiger partial charge in [-0.25, -0.2) is 0 Å². The number of nitrogens with one attached hydrogen (secondary N) is 1. The van der Waals surface area contributed by atoms with Crippen LogP contribution in [0.25, 0.3) is 0 Å². The van der Waals surface area contributed by atoms with Crippen molar-refractivity contribution < 1.29 is 0 Å². The molecule has 0 aliphatic carbocycles. The predicted octanol–water partition coefficient (Wildman–Crippen LogP) is 4.00. The molecule has 1 rings (SSSR count). The van der Waals surface area contributed by atoms with E-state index in [1.807, 2.05) is 6.08 Å². The van der Waals surface area contributed by atoms with E-state index in [0.717, 1.165) is 19.4 Å². The van der Waals surface area contributed by atoms with E-state index in [1.54, 1.807) is 0 Å². The molecule has 0 heterocycles. The van der Waals surface area contributed by atoms with Crippen LogP contribution in [0.5, 0.6) is 0 Å². The molecule has 1 N–H and O–H groups in total. The molecule has 0 spiro atoms. The maximum atomic E-state index is 3.80. The third-order valence-electron chi connectivity index (χ3n) is 2.86. The number of allylic oxidation sites excluding steroid dienone is 1.